The first-order valence-corrected chi connectivity index (χ1v) is 5.24. The van der Waals surface area contributed by atoms with Crippen LogP contribution in [-0.2, 0) is 0 Å². The average molecular weight is 217 g/mol. The number of hydrogen-bond donors (Lipinski definition) is 3. The number of rotatable bonds is 5. The molecule has 2 aromatic heterocycles. The van der Waals surface area contributed by atoms with Crippen molar-refractivity contribution >= 4 is 5.95 Å². The van der Waals surface area contributed by atoms with Gasteiger partial charge in [0.05, 0.1) is 0 Å². The van der Waals surface area contributed by atoms with E-state index in [1.54, 1.807) is 12.4 Å². The average Bonchev–Trinajstić information content (AvgIpc) is 2.84. The highest BCUT2D eigenvalue weighted by molar-refractivity contribution is 5.57. The van der Waals surface area contributed by atoms with Crippen molar-refractivity contribution in [3.8, 4) is 11.3 Å². The smallest absolute Gasteiger partial charge is 0.222 e. The monoisotopic (exact) mass is 217 g/mol. The van der Waals surface area contributed by atoms with Crippen LogP contribution in [0.15, 0.2) is 30.7 Å². The van der Waals surface area contributed by atoms with E-state index < -0.39 is 0 Å². The third-order valence-corrected chi connectivity index (χ3v) is 2.22. The lowest BCUT2D eigenvalue weighted by molar-refractivity contribution is 0.817. The SMILES string of the molecule is CNCCNc1ncc(-c2ccc[nH]2)cn1. The fourth-order valence-electron chi connectivity index (χ4n) is 1.37. The zero-order valence-corrected chi connectivity index (χ0v) is 9.20. The van der Waals surface area contributed by atoms with E-state index in [9.17, 15) is 0 Å². The molecule has 5 heteroatoms. The molecule has 0 aliphatic carbocycles. The van der Waals surface area contributed by atoms with Gasteiger partial charge in [-0.25, -0.2) is 9.97 Å². The van der Waals surface area contributed by atoms with E-state index >= 15 is 0 Å². The van der Waals surface area contributed by atoms with Gasteiger partial charge >= 0.3 is 0 Å². The van der Waals surface area contributed by atoms with Crippen LogP contribution in [0.4, 0.5) is 5.95 Å². The largest absolute Gasteiger partial charge is 0.361 e. The summed E-state index contributed by atoms with van der Waals surface area (Å²) in [6.07, 6.45) is 5.50. The molecule has 0 aliphatic rings. The fourth-order valence-corrected chi connectivity index (χ4v) is 1.37. The lowest BCUT2D eigenvalue weighted by Crippen LogP contribution is -2.18. The molecule has 0 aromatic carbocycles. The highest BCUT2D eigenvalue weighted by atomic mass is 15.1. The Hall–Kier alpha value is -1.88. The van der Waals surface area contributed by atoms with Gasteiger partial charge in [0.15, 0.2) is 0 Å². The molecule has 0 saturated heterocycles. The summed E-state index contributed by atoms with van der Waals surface area (Å²) in [6, 6.07) is 3.95. The van der Waals surface area contributed by atoms with Crippen molar-refractivity contribution in [2.24, 2.45) is 0 Å². The van der Waals surface area contributed by atoms with Crippen LogP contribution in [0.3, 0.4) is 0 Å². The van der Waals surface area contributed by atoms with Gasteiger partial charge in [-0.2, -0.15) is 0 Å². The van der Waals surface area contributed by atoms with Crippen LogP contribution >= 0.6 is 0 Å². The minimum atomic E-state index is 0.658. The van der Waals surface area contributed by atoms with Gasteiger partial charge in [0, 0.05) is 42.9 Å². The topological polar surface area (TPSA) is 65.6 Å². The zero-order chi connectivity index (χ0) is 11.2. The standard InChI is InChI=1S/C11H15N5/c1-12-5-6-14-11-15-7-9(8-16-11)10-3-2-4-13-10/h2-4,7-8,12-13H,5-6H2,1H3,(H,14,15,16). The summed E-state index contributed by atoms with van der Waals surface area (Å²) in [5, 5.41) is 6.17. The molecule has 0 aliphatic heterocycles. The number of likely N-dealkylation sites (N-methyl/N-ethyl adjacent to an activating group) is 1. The normalized spacial score (nSPS) is 10.3. The van der Waals surface area contributed by atoms with Crippen molar-refractivity contribution in [2.45, 2.75) is 0 Å². The van der Waals surface area contributed by atoms with Gasteiger partial charge in [-0.05, 0) is 19.2 Å². The lowest BCUT2D eigenvalue weighted by atomic mass is 10.2. The van der Waals surface area contributed by atoms with Crippen LogP contribution in [0.25, 0.3) is 11.3 Å². The summed E-state index contributed by atoms with van der Waals surface area (Å²) in [4.78, 5) is 11.6. The van der Waals surface area contributed by atoms with Crippen LogP contribution in [0, 0.1) is 0 Å². The molecule has 0 saturated carbocycles. The van der Waals surface area contributed by atoms with Crippen molar-refractivity contribution in [3.05, 3.63) is 30.7 Å². The Kier molecular flexibility index (Phi) is 3.50. The first-order chi connectivity index (χ1) is 7.90. The lowest BCUT2D eigenvalue weighted by Gasteiger charge is -2.04. The number of aromatic amines is 1. The minimum absolute atomic E-state index is 0.658. The van der Waals surface area contributed by atoms with Gasteiger partial charge in [0.1, 0.15) is 0 Å². The number of H-pyrrole nitrogens is 1. The van der Waals surface area contributed by atoms with Gasteiger partial charge in [-0.1, -0.05) is 0 Å². The number of aromatic nitrogens is 3. The quantitative estimate of drug-likeness (QED) is 0.656. The molecule has 16 heavy (non-hydrogen) atoms. The Morgan fingerprint density at radius 2 is 2.06 bits per heavy atom. The molecule has 84 valence electrons. The molecule has 5 nitrogen and oxygen atoms in total. The van der Waals surface area contributed by atoms with E-state index in [-0.39, 0.29) is 0 Å². The van der Waals surface area contributed by atoms with E-state index in [4.69, 9.17) is 0 Å². The molecule has 0 fully saturated rings. The molecule has 2 rings (SSSR count). The number of hydrogen-bond acceptors (Lipinski definition) is 4. The van der Waals surface area contributed by atoms with Gasteiger partial charge < -0.3 is 15.6 Å². The molecule has 0 amide bonds. The van der Waals surface area contributed by atoms with Crippen molar-refractivity contribution in [1.82, 2.24) is 20.3 Å². The Labute approximate surface area is 94.3 Å². The summed E-state index contributed by atoms with van der Waals surface area (Å²) in [5.41, 5.74) is 2.02. The van der Waals surface area contributed by atoms with Crippen LogP contribution in [0.2, 0.25) is 0 Å². The highest BCUT2D eigenvalue weighted by Gasteiger charge is 1.99. The van der Waals surface area contributed by atoms with Crippen LogP contribution in [-0.4, -0.2) is 35.1 Å². The summed E-state index contributed by atoms with van der Waals surface area (Å²) >= 11 is 0. The third kappa shape index (κ3) is 2.58. The van der Waals surface area contributed by atoms with E-state index in [0.717, 1.165) is 24.3 Å². The summed E-state index contributed by atoms with van der Waals surface area (Å²) in [7, 11) is 1.91. The maximum Gasteiger partial charge on any atom is 0.222 e. The Morgan fingerprint density at radius 1 is 1.25 bits per heavy atom. The highest BCUT2D eigenvalue weighted by Crippen LogP contribution is 2.14. The van der Waals surface area contributed by atoms with Crippen molar-refractivity contribution in [2.75, 3.05) is 25.5 Å². The van der Waals surface area contributed by atoms with Crippen LogP contribution in [0.5, 0.6) is 0 Å². The summed E-state index contributed by atoms with van der Waals surface area (Å²) < 4.78 is 0. The number of nitrogens with zero attached hydrogens (tertiary/aromatic N) is 2. The Bertz CT molecular complexity index is 406. The molecule has 0 bridgehead atoms. The second kappa shape index (κ2) is 5.27. The number of nitrogens with one attached hydrogen (secondary N) is 3. The second-order valence-electron chi connectivity index (χ2n) is 3.41. The molecule has 3 N–H and O–H groups in total. The summed E-state index contributed by atoms with van der Waals surface area (Å²) in [6.45, 7) is 1.71. The summed E-state index contributed by atoms with van der Waals surface area (Å²) in [5.74, 6) is 0.658. The number of anilines is 1. The molecular weight excluding hydrogens is 202 g/mol. The van der Waals surface area contributed by atoms with Gasteiger partial charge in [-0.15, -0.1) is 0 Å². The molecule has 0 radical (unpaired) electrons. The predicted molar refractivity (Wildman–Crippen MR) is 64.2 cm³/mol. The molecule has 0 unspecified atom stereocenters. The predicted octanol–water partition coefficient (Wildman–Crippen LogP) is 1.10. The zero-order valence-electron chi connectivity index (χ0n) is 9.20. The van der Waals surface area contributed by atoms with Crippen molar-refractivity contribution in [1.29, 1.82) is 0 Å². The third-order valence-electron chi connectivity index (χ3n) is 2.22. The van der Waals surface area contributed by atoms with Gasteiger partial charge in [0.2, 0.25) is 5.95 Å². The second-order valence-corrected chi connectivity index (χ2v) is 3.41. The van der Waals surface area contributed by atoms with E-state index in [1.807, 2.05) is 25.4 Å². The minimum Gasteiger partial charge on any atom is -0.361 e. The van der Waals surface area contributed by atoms with Crippen molar-refractivity contribution in [3.63, 3.8) is 0 Å². The Balaban J connectivity index is 2.00. The first-order valence-electron chi connectivity index (χ1n) is 5.24. The van der Waals surface area contributed by atoms with E-state index in [2.05, 4.69) is 25.6 Å². The van der Waals surface area contributed by atoms with Gasteiger partial charge in [-0.3, -0.25) is 0 Å². The molecule has 0 atom stereocenters. The maximum absolute atomic E-state index is 4.24. The first kappa shape index (κ1) is 10.6. The molecule has 2 aromatic rings. The Morgan fingerprint density at radius 3 is 2.69 bits per heavy atom. The molecule has 2 heterocycles. The fraction of sp³-hybridized carbons (Fsp3) is 0.273. The van der Waals surface area contributed by atoms with Crippen molar-refractivity contribution < 1.29 is 0 Å². The molecular formula is C11H15N5. The molecule has 0 spiro atoms. The maximum atomic E-state index is 4.24. The van der Waals surface area contributed by atoms with Crippen LogP contribution < -0.4 is 10.6 Å². The van der Waals surface area contributed by atoms with E-state index in [0.29, 0.717) is 5.95 Å². The van der Waals surface area contributed by atoms with Crippen LogP contribution in [0.1, 0.15) is 0 Å². The van der Waals surface area contributed by atoms with Gasteiger partial charge in [0.25, 0.3) is 0 Å². The van der Waals surface area contributed by atoms with E-state index in [1.165, 1.54) is 0 Å².